The number of hydrogen-bond acceptors (Lipinski definition) is 6. The average molecular weight is 611 g/mol. The highest BCUT2D eigenvalue weighted by Crippen LogP contribution is 2.63. The van der Waals surface area contributed by atoms with Crippen LogP contribution < -0.4 is 0 Å². The summed E-state index contributed by atoms with van der Waals surface area (Å²) in [4.78, 5) is 12.1. The van der Waals surface area contributed by atoms with Gasteiger partial charge in [0, 0.05) is 12.3 Å². The van der Waals surface area contributed by atoms with Crippen LogP contribution in [0.3, 0.4) is 0 Å². The summed E-state index contributed by atoms with van der Waals surface area (Å²) in [5, 5.41) is 10.2. The number of fused-ring (bicyclic) bond motifs is 5. The van der Waals surface area contributed by atoms with E-state index in [0.717, 1.165) is 57.8 Å². The van der Waals surface area contributed by atoms with Crippen LogP contribution in [0.5, 0.6) is 5.75 Å². The Morgan fingerprint density at radius 1 is 0.977 bits per heavy atom. The van der Waals surface area contributed by atoms with Gasteiger partial charge in [-0.2, -0.15) is 8.42 Å². The molecule has 2 aromatic rings. The molecule has 7 heteroatoms. The Bertz CT molecular complexity index is 1370. The van der Waals surface area contributed by atoms with Gasteiger partial charge >= 0.3 is 5.97 Å². The topological polar surface area (TPSA) is 89.9 Å². The van der Waals surface area contributed by atoms with Gasteiger partial charge in [-0.1, -0.05) is 69.7 Å². The second-order valence-corrected chi connectivity index (χ2v) is 15.2. The van der Waals surface area contributed by atoms with Gasteiger partial charge in [-0.25, -0.2) is 0 Å². The van der Waals surface area contributed by atoms with E-state index in [2.05, 4.69) is 13.0 Å². The fourth-order valence-corrected chi connectivity index (χ4v) is 10.0. The van der Waals surface area contributed by atoms with Gasteiger partial charge in [-0.3, -0.25) is 8.98 Å². The lowest BCUT2D eigenvalue weighted by molar-refractivity contribution is -0.155. The fraction of sp³-hybridized carbons (Fsp3) is 0.639. The van der Waals surface area contributed by atoms with Crippen molar-refractivity contribution in [1.29, 1.82) is 0 Å². The molecule has 43 heavy (non-hydrogen) atoms. The number of phenols is 1. The molecule has 5 rings (SSSR count). The van der Waals surface area contributed by atoms with Gasteiger partial charge < -0.3 is 9.84 Å². The molecule has 2 aromatic carbocycles. The minimum Gasteiger partial charge on any atom is -0.508 e. The van der Waals surface area contributed by atoms with Gasteiger partial charge in [0.15, 0.2) is 0 Å². The maximum Gasteiger partial charge on any atom is 0.302 e. The summed E-state index contributed by atoms with van der Waals surface area (Å²) in [5.74, 6) is 2.50. The van der Waals surface area contributed by atoms with Gasteiger partial charge in [0.1, 0.15) is 11.9 Å². The van der Waals surface area contributed by atoms with Crippen molar-refractivity contribution in [2.75, 3.05) is 6.61 Å². The summed E-state index contributed by atoms with van der Waals surface area (Å²) in [7, 11) is -3.69. The van der Waals surface area contributed by atoms with E-state index in [1.165, 1.54) is 36.8 Å². The number of ether oxygens (including phenoxy) is 1. The van der Waals surface area contributed by atoms with Crippen LogP contribution in [0.1, 0.15) is 114 Å². The molecule has 2 fully saturated rings. The Morgan fingerprint density at radius 3 is 2.44 bits per heavy atom. The van der Waals surface area contributed by atoms with E-state index in [1.54, 1.807) is 32.0 Å². The summed E-state index contributed by atoms with van der Waals surface area (Å²) in [6.45, 7) is 5.94. The molecule has 3 aliphatic carbocycles. The summed E-state index contributed by atoms with van der Waals surface area (Å²) < 4.78 is 36.0. The van der Waals surface area contributed by atoms with E-state index < -0.39 is 10.1 Å². The number of benzene rings is 2. The molecule has 0 aliphatic heterocycles. The fourth-order valence-electron chi connectivity index (χ4n) is 8.87. The molecule has 6 nitrogen and oxygen atoms in total. The Morgan fingerprint density at radius 2 is 1.70 bits per heavy atom. The quantitative estimate of drug-likeness (QED) is 0.140. The largest absolute Gasteiger partial charge is 0.508 e. The number of unbranched alkanes of at least 4 members (excludes halogenated alkanes) is 6. The van der Waals surface area contributed by atoms with Crippen molar-refractivity contribution in [3.05, 3.63) is 59.2 Å². The first kappa shape index (κ1) is 32.0. The van der Waals surface area contributed by atoms with Crippen molar-refractivity contribution >= 4 is 16.1 Å². The summed E-state index contributed by atoms with van der Waals surface area (Å²) in [6.07, 6.45) is 14.2. The first-order valence-electron chi connectivity index (χ1n) is 16.5. The molecule has 2 saturated carbocycles. The smallest absolute Gasteiger partial charge is 0.302 e. The molecule has 6 atom stereocenters. The zero-order valence-corrected chi connectivity index (χ0v) is 27.0. The number of hydrogen-bond donors (Lipinski definition) is 1. The summed E-state index contributed by atoms with van der Waals surface area (Å²) in [5.41, 5.74) is 3.53. The van der Waals surface area contributed by atoms with Crippen molar-refractivity contribution in [3.8, 4) is 5.75 Å². The molecule has 0 amide bonds. The van der Waals surface area contributed by atoms with Gasteiger partial charge in [0.25, 0.3) is 10.1 Å². The predicted molar refractivity (Wildman–Crippen MR) is 168 cm³/mol. The minimum atomic E-state index is -3.69. The molecule has 0 aromatic heterocycles. The average Bonchev–Trinajstić information content (AvgIpc) is 3.28. The van der Waals surface area contributed by atoms with E-state index in [9.17, 15) is 18.3 Å². The second kappa shape index (κ2) is 13.7. The summed E-state index contributed by atoms with van der Waals surface area (Å²) in [6, 6.07) is 13.0. The molecule has 236 valence electrons. The number of carbonyl (C=O) groups is 1. The Kier molecular flexibility index (Phi) is 10.2. The number of carbonyl (C=O) groups excluding carboxylic acids is 1. The number of aromatic hydroxyl groups is 1. The lowest BCUT2D eigenvalue weighted by Gasteiger charge is -2.53. The van der Waals surface area contributed by atoms with Gasteiger partial charge in [-0.05, 0) is 110 Å². The van der Waals surface area contributed by atoms with Crippen molar-refractivity contribution in [2.45, 2.75) is 121 Å². The van der Waals surface area contributed by atoms with Crippen LogP contribution in [0.4, 0.5) is 0 Å². The van der Waals surface area contributed by atoms with Gasteiger partial charge in [0.2, 0.25) is 0 Å². The Balaban J connectivity index is 1.09. The van der Waals surface area contributed by atoms with E-state index in [4.69, 9.17) is 8.92 Å². The standard InChI is InChI=1S/C36H50O6S/c1-25-13-10-11-15-33(25)43(39,40)41-22-12-8-6-4-5-7-9-14-27-23-28-24-29(38)16-17-30(28)31-20-21-36(3)32(35(27)31)18-19-34(36)42-26(2)37/h10-11,13,15-17,24,27,31-32,34-35,38H,4-9,12,14,18-23H2,1-3H3/t27-,31?,32?,34+,35?,36+/m1/s1. The van der Waals surface area contributed by atoms with Crippen LogP contribution >= 0.6 is 0 Å². The van der Waals surface area contributed by atoms with Crippen molar-refractivity contribution in [1.82, 2.24) is 0 Å². The monoisotopic (exact) mass is 610 g/mol. The molecule has 0 radical (unpaired) electrons. The molecule has 3 aliphatic rings. The highest BCUT2D eigenvalue weighted by atomic mass is 32.2. The zero-order valence-electron chi connectivity index (χ0n) is 26.2. The lowest BCUT2D eigenvalue weighted by Crippen LogP contribution is -2.48. The van der Waals surface area contributed by atoms with E-state index >= 15 is 0 Å². The highest BCUT2D eigenvalue weighted by Gasteiger charge is 2.58. The summed E-state index contributed by atoms with van der Waals surface area (Å²) >= 11 is 0. The molecule has 0 bridgehead atoms. The van der Waals surface area contributed by atoms with Gasteiger partial charge in [-0.15, -0.1) is 0 Å². The van der Waals surface area contributed by atoms with E-state index in [0.29, 0.717) is 35.0 Å². The van der Waals surface area contributed by atoms with Crippen LogP contribution in [0, 0.1) is 30.1 Å². The van der Waals surface area contributed by atoms with Crippen molar-refractivity contribution in [2.24, 2.45) is 23.2 Å². The highest BCUT2D eigenvalue weighted by molar-refractivity contribution is 7.86. The van der Waals surface area contributed by atoms with Crippen LogP contribution in [-0.4, -0.2) is 32.2 Å². The Labute approximate surface area is 258 Å². The second-order valence-electron chi connectivity index (χ2n) is 13.7. The number of rotatable bonds is 13. The number of aryl methyl sites for hydroxylation is 1. The first-order chi connectivity index (χ1) is 20.6. The third-order valence-corrected chi connectivity index (χ3v) is 12.4. The third-order valence-electron chi connectivity index (χ3n) is 10.9. The number of esters is 1. The van der Waals surface area contributed by atoms with Crippen LogP contribution in [0.2, 0.25) is 0 Å². The zero-order chi connectivity index (χ0) is 30.6. The molecule has 3 unspecified atom stereocenters. The molecule has 0 spiro atoms. The SMILES string of the molecule is CC(=O)O[C@H]1CCC2C3C(CC[C@@]21C)c1ccc(O)cc1C[C@H]3CCCCCCCCCOS(=O)(=O)c1ccccc1C. The maximum atomic E-state index is 12.4. The normalized spacial score (nSPS) is 28.1. The van der Waals surface area contributed by atoms with Crippen LogP contribution in [0.15, 0.2) is 47.4 Å². The molecule has 0 saturated heterocycles. The van der Waals surface area contributed by atoms with Crippen molar-refractivity contribution in [3.63, 3.8) is 0 Å². The van der Waals surface area contributed by atoms with E-state index in [-0.39, 0.29) is 29.0 Å². The van der Waals surface area contributed by atoms with Crippen LogP contribution in [-0.2, 0) is 30.3 Å². The lowest BCUT2D eigenvalue weighted by atomic mass is 9.52. The minimum absolute atomic E-state index is 0.0331. The molecule has 1 N–H and O–H groups in total. The molecular formula is C36H50O6S. The molecule has 0 heterocycles. The van der Waals surface area contributed by atoms with Crippen LogP contribution in [0.25, 0.3) is 0 Å². The predicted octanol–water partition coefficient (Wildman–Crippen LogP) is 8.24. The van der Waals surface area contributed by atoms with Crippen molar-refractivity contribution < 1.29 is 27.2 Å². The van der Waals surface area contributed by atoms with E-state index in [1.807, 2.05) is 18.2 Å². The number of phenolic OH excluding ortho intramolecular Hbond substituents is 1. The first-order valence-corrected chi connectivity index (χ1v) is 17.9. The third kappa shape index (κ3) is 7.14. The molecular weight excluding hydrogens is 560 g/mol. The van der Waals surface area contributed by atoms with Gasteiger partial charge in [0.05, 0.1) is 11.5 Å². The maximum absolute atomic E-state index is 12.4. The Hall–Kier alpha value is -2.38.